The Morgan fingerprint density at radius 3 is 2.59 bits per heavy atom. The van der Waals surface area contributed by atoms with E-state index in [1.54, 1.807) is 7.11 Å². The van der Waals surface area contributed by atoms with E-state index in [0.29, 0.717) is 13.0 Å². The van der Waals surface area contributed by atoms with Crippen LogP contribution in [0.5, 0.6) is 5.75 Å². The van der Waals surface area contributed by atoms with Gasteiger partial charge in [-0.2, -0.15) is 0 Å². The maximum atomic E-state index is 12.4. The van der Waals surface area contributed by atoms with Crippen LogP contribution in [0, 0.1) is 0 Å². The number of hydrogen-bond donors (Lipinski definition) is 1. The molecule has 0 spiro atoms. The Balaban J connectivity index is 0.00000126. The van der Waals surface area contributed by atoms with Crippen molar-refractivity contribution in [2.24, 2.45) is 0 Å². The maximum absolute atomic E-state index is 12.4. The smallest absolute Gasteiger partial charge is 0.410 e. The lowest BCUT2D eigenvalue weighted by Gasteiger charge is -2.33. The summed E-state index contributed by atoms with van der Waals surface area (Å²) in [4.78, 5) is 29.3. The van der Waals surface area contributed by atoms with Gasteiger partial charge in [-0.15, -0.1) is 0 Å². The zero-order chi connectivity index (χ0) is 20.2. The van der Waals surface area contributed by atoms with Crippen LogP contribution in [0.25, 0.3) is 10.9 Å². The molecule has 1 saturated heterocycles. The number of H-pyrrole nitrogens is 1. The van der Waals surface area contributed by atoms with Gasteiger partial charge in [-0.25, -0.2) is 4.79 Å². The van der Waals surface area contributed by atoms with Gasteiger partial charge in [0.15, 0.2) is 5.78 Å². The van der Waals surface area contributed by atoms with E-state index in [9.17, 15) is 9.59 Å². The summed E-state index contributed by atoms with van der Waals surface area (Å²) in [5, 5.41) is 1.02. The first-order chi connectivity index (χ1) is 12.8. The first-order valence-corrected chi connectivity index (χ1v) is 9.41. The minimum absolute atomic E-state index is 0.0411. The predicted molar refractivity (Wildman–Crippen MR) is 106 cm³/mol. The number of methoxy groups -OCH3 is 1. The van der Waals surface area contributed by atoms with E-state index in [1.165, 1.54) is 4.90 Å². The number of amides is 1. The van der Waals surface area contributed by atoms with Crippen molar-refractivity contribution in [2.75, 3.05) is 20.2 Å². The molecule has 1 aromatic carbocycles. The molecule has 1 unspecified atom stereocenters. The maximum Gasteiger partial charge on any atom is 0.410 e. The van der Waals surface area contributed by atoms with E-state index < -0.39 is 11.7 Å². The SMILES string of the molecule is CC.COc1ccc2[nH]cc(C3CC(=O)CN(C(=O)OC(C)(C)C)C3)c2c1. The number of aromatic nitrogens is 1. The first kappa shape index (κ1) is 20.8. The number of ketones is 1. The molecule has 1 aromatic heterocycles. The van der Waals surface area contributed by atoms with Gasteiger partial charge >= 0.3 is 6.09 Å². The number of Topliss-reactive ketones (excluding diaryl/α,β-unsaturated/α-hetero) is 1. The number of fused-ring (bicyclic) bond motifs is 1. The highest BCUT2D eigenvalue weighted by atomic mass is 16.6. The van der Waals surface area contributed by atoms with Gasteiger partial charge in [0.25, 0.3) is 0 Å². The number of piperidine rings is 1. The molecule has 148 valence electrons. The Hall–Kier alpha value is -2.50. The second-order valence-electron chi connectivity index (χ2n) is 7.46. The summed E-state index contributed by atoms with van der Waals surface area (Å²) < 4.78 is 10.7. The van der Waals surface area contributed by atoms with Gasteiger partial charge in [0.2, 0.25) is 0 Å². The number of benzene rings is 1. The summed E-state index contributed by atoms with van der Waals surface area (Å²) in [7, 11) is 1.63. The van der Waals surface area contributed by atoms with Crippen LogP contribution in [0.15, 0.2) is 24.4 Å². The predicted octanol–water partition coefficient (Wildman–Crippen LogP) is 4.50. The number of carbonyl (C=O) groups excluding carboxylic acids is 2. The number of carbonyl (C=O) groups is 2. The van der Waals surface area contributed by atoms with Crippen molar-refractivity contribution >= 4 is 22.8 Å². The van der Waals surface area contributed by atoms with Crippen LogP contribution in [0.2, 0.25) is 0 Å². The third kappa shape index (κ3) is 5.02. The molecule has 0 bridgehead atoms. The van der Waals surface area contributed by atoms with Crippen LogP contribution in [-0.4, -0.2) is 47.6 Å². The van der Waals surface area contributed by atoms with Gasteiger partial charge in [0.05, 0.1) is 13.7 Å². The molecule has 1 fully saturated rings. The molecule has 0 radical (unpaired) electrons. The van der Waals surface area contributed by atoms with Gasteiger partial charge in [0, 0.05) is 36.0 Å². The highest BCUT2D eigenvalue weighted by molar-refractivity contribution is 5.89. The second-order valence-corrected chi connectivity index (χ2v) is 7.46. The van der Waals surface area contributed by atoms with Crippen molar-refractivity contribution in [3.8, 4) is 5.75 Å². The van der Waals surface area contributed by atoms with Crippen LogP contribution < -0.4 is 4.74 Å². The molecule has 1 atom stereocenters. The minimum atomic E-state index is -0.582. The number of nitrogens with one attached hydrogen (secondary N) is 1. The molecule has 2 aromatic rings. The number of likely N-dealkylation sites (tertiary alicyclic amines) is 1. The summed E-state index contributed by atoms with van der Waals surface area (Å²) >= 11 is 0. The Labute approximate surface area is 160 Å². The third-order valence-corrected chi connectivity index (χ3v) is 4.29. The van der Waals surface area contributed by atoms with E-state index in [0.717, 1.165) is 22.2 Å². The van der Waals surface area contributed by atoms with Crippen LogP contribution in [0.4, 0.5) is 4.79 Å². The number of rotatable bonds is 2. The van der Waals surface area contributed by atoms with Crippen LogP contribution in [-0.2, 0) is 9.53 Å². The molecule has 1 aliphatic rings. The van der Waals surface area contributed by atoms with Gasteiger partial charge in [0.1, 0.15) is 11.4 Å². The fourth-order valence-corrected chi connectivity index (χ4v) is 3.21. The molecule has 1 N–H and O–H groups in total. The van der Waals surface area contributed by atoms with Crippen LogP contribution >= 0.6 is 0 Å². The minimum Gasteiger partial charge on any atom is -0.497 e. The summed E-state index contributed by atoms with van der Waals surface area (Å²) in [6.45, 7) is 10.0. The van der Waals surface area contributed by atoms with Gasteiger partial charge in [-0.05, 0) is 44.5 Å². The van der Waals surface area contributed by atoms with Crippen LogP contribution in [0.1, 0.15) is 52.5 Å². The Kier molecular flexibility index (Phi) is 6.52. The lowest BCUT2D eigenvalue weighted by molar-refractivity contribution is -0.122. The van der Waals surface area contributed by atoms with E-state index >= 15 is 0 Å². The fraction of sp³-hybridized carbons (Fsp3) is 0.524. The molecule has 27 heavy (non-hydrogen) atoms. The number of nitrogens with zero attached hydrogens (tertiary/aromatic N) is 1. The van der Waals surface area contributed by atoms with E-state index in [2.05, 4.69) is 4.98 Å². The standard InChI is InChI=1S/C19H24N2O4.C2H6/c1-19(2,3)25-18(23)21-10-12(7-13(22)11-21)16-9-20-17-6-5-14(24-4)8-15(16)17;1-2/h5-6,8-9,12,20H,7,10-11H2,1-4H3;1-2H3. The number of hydrogen-bond acceptors (Lipinski definition) is 4. The molecule has 3 rings (SSSR count). The summed E-state index contributed by atoms with van der Waals surface area (Å²) in [5.41, 5.74) is 1.43. The first-order valence-electron chi connectivity index (χ1n) is 9.41. The number of aromatic amines is 1. The van der Waals surface area contributed by atoms with Crippen molar-refractivity contribution in [3.05, 3.63) is 30.0 Å². The normalized spacial score (nSPS) is 17.3. The monoisotopic (exact) mass is 374 g/mol. The quantitative estimate of drug-likeness (QED) is 0.840. The van der Waals surface area contributed by atoms with Crippen molar-refractivity contribution in [1.82, 2.24) is 9.88 Å². The lowest BCUT2D eigenvalue weighted by atomic mass is 9.90. The zero-order valence-corrected chi connectivity index (χ0v) is 17.1. The van der Waals surface area contributed by atoms with Crippen molar-refractivity contribution < 1.29 is 19.1 Å². The lowest BCUT2D eigenvalue weighted by Crippen LogP contribution is -2.45. The van der Waals surface area contributed by atoms with E-state index in [4.69, 9.17) is 9.47 Å². The van der Waals surface area contributed by atoms with Gasteiger partial charge in [-0.1, -0.05) is 13.8 Å². The number of ether oxygens (including phenoxy) is 2. The van der Waals surface area contributed by atoms with Crippen molar-refractivity contribution in [1.29, 1.82) is 0 Å². The van der Waals surface area contributed by atoms with Crippen molar-refractivity contribution in [2.45, 2.75) is 52.6 Å². The molecule has 6 heteroatoms. The molecular weight excluding hydrogens is 344 g/mol. The molecule has 1 amide bonds. The average Bonchev–Trinajstić information content (AvgIpc) is 3.04. The van der Waals surface area contributed by atoms with E-state index in [1.807, 2.05) is 59.0 Å². The highest BCUT2D eigenvalue weighted by Gasteiger charge is 2.33. The molecular formula is C21H30N2O4. The van der Waals surface area contributed by atoms with E-state index in [-0.39, 0.29) is 18.2 Å². The Bertz CT molecular complexity index is 804. The molecule has 0 aliphatic carbocycles. The van der Waals surface area contributed by atoms with Gasteiger partial charge < -0.3 is 19.4 Å². The second kappa shape index (κ2) is 8.46. The third-order valence-electron chi connectivity index (χ3n) is 4.29. The van der Waals surface area contributed by atoms with Gasteiger partial charge in [-0.3, -0.25) is 4.79 Å². The summed E-state index contributed by atoms with van der Waals surface area (Å²) in [6.07, 6.45) is 1.90. The zero-order valence-electron chi connectivity index (χ0n) is 17.1. The largest absolute Gasteiger partial charge is 0.497 e. The molecule has 6 nitrogen and oxygen atoms in total. The molecule has 0 saturated carbocycles. The topological polar surface area (TPSA) is 71.6 Å². The Morgan fingerprint density at radius 1 is 1.26 bits per heavy atom. The Morgan fingerprint density at radius 2 is 1.96 bits per heavy atom. The molecule has 1 aliphatic heterocycles. The van der Waals surface area contributed by atoms with Crippen LogP contribution in [0.3, 0.4) is 0 Å². The fourth-order valence-electron chi connectivity index (χ4n) is 3.21. The van der Waals surface area contributed by atoms with Crippen molar-refractivity contribution in [3.63, 3.8) is 0 Å². The summed E-state index contributed by atoms with van der Waals surface area (Å²) in [6, 6.07) is 5.80. The average molecular weight is 374 g/mol. The summed E-state index contributed by atoms with van der Waals surface area (Å²) in [5.74, 6) is 0.744. The molecule has 2 heterocycles. The highest BCUT2D eigenvalue weighted by Crippen LogP contribution is 2.33.